The van der Waals surface area contributed by atoms with Gasteiger partial charge in [0.2, 0.25) is 0 Å². The summed E-state index contributed by atoms with van der Waals surface area (Å²) in [5.74, 6) is -1.70. The van der Waals surface area contributed by atoms with E-state index in [9.17, 15) is 33.3 Å². The second-order valence-electron chi connectivity index (χ2n) is 9.05. The molecule has 3 N–H and O–H groups in total. The Kier molecular flexibility index (Phi) is 10.8. The zero-order valence-electron chi connectivity index (χ0n) is 19.9. The lowest BCUT2D eigenvalue weighted by atomic mass is 9.90. The predicted octanol–water partition coefficient (Wildman–Crippen LogP) is 3.22. The first-order valence-electron chi connectivity index (χ1n) is 12.0. The van der Waals surface area contributed by atoms with Crippen molar-refractivity contribution >= 4 is 30.4 Å². The zero-order valence-corrected chi connectivity index (χ0v) is 21.6. The van der Waals surface area contributed by atoms with E-state index in [1.807, 2.05) is 12.2 Å². The first-order chi connectivity index (χ1) is 17.1. The normalized spacial score (nSPS) is 24.4. The number of ketones is 1. The summed E-state index contributed by atoms with van der Waals surface area (Å²) in [6.45, 7) is 0. The molecular formula is C25H33O9PS. The molecule has 0 aliphatic heterocycles. The van der Waals surface area contributed by atoms with Crippen molar-refractivity contribution in [2.24, 2.45) is 11.8 Å². The molecule has 0 amide bonds. The van der Waals surface area contributed by atoms with Gasteiger partial charge in [0.25, 0.3) is 0 Å². The van der Waals surface area contributed by atoms with Crippen molar-refractivity contribution in [3.05, 3.63) is 54.6 Å². The number of aliphatic hydroxyl groups excluding tert-OH is 1. The minimum absolute atomic E-state index is 0.0566. The maximum Gasteiger partial charge on any atom is 0.469 e. The predicted molar refractivity (Wildman–Crippen MR) is 133 cm³/mol. The van der Waals surface area contributed by atoms with Gasteiger partial charge in [-0.3, -0.25) is 18.3 Å². The molecule has 0 radical (unpaired) electrons. The fraction of sp³-hybridized carbons (Fsp3) is 0.520. The van der Waals surface area contributed by atoms with Crippen molar-refractivity contribution in [1.82, 2.24) is 0 Å². The number of hydrogen-bond donors (Lipinski definition) is 3. The van der Waals surface area contributed by atoms with E-state index in [1.165, 1.54) is 12.2 Å². The molecule has 0 spiro atoms. The largest absolute Gasteiger partial charge is 0.469 e. The molecular weight excluding hydrogens is 507 g/mol. The standard InChI is InChI=1S/C25H33O9PS/c26-18(17-36(32)20-8-4-3-5-9-20)12-15-22-21(23(27)16-24(22)34-35(29,30)31)10-6-1-2-7-11-25(28)33-19-13-14-19/h1,3-6,8-9,12,15,18-19,21-22,24,26H,2,7,10-11,13-14,16-17H2,(H2,29,30,31)/b6-1-,15-12+/t18-,21-,22-,24-,36?/m1/s1. The second kappa shape index (κ2) is 13.6. The highest BCUT2D eigenvalue weighted by Gasteiger charge is 2.43. The van der Waals surface area contributed by atoms with Crippen LogP contribution in [-0.4, -0.2) is 54.9 Å². The van der Waals surface area contributed by atoms with Gasteiger partial charge in [-0.25, -0.2) is 4.57 Å². The van der Waals surface area contributed by atoms with Crippen LogP contribution in [0.5, 0.6) is 0 Å². The number of phosphoric ester groups is 1. The molecule has 1 unspecified atom stereocenters. The van der Waals surface area contributed by atoms with E-state index in [0.717, 1.165) is 12.8 Å². The van der Waals surface area contributed by atoms with Crippen LogP contribution in [0, 0.1) is 11.8 Å². The summed E-state index contributed by atoms with van der Waals surface area (Å²) < 4.78 is 34.0. The van der Waals surface area contributed by atoms with Gasteiger partial charge < -0.3 is 19.6 Å². The fourth-order valence-electron chi connectivity index (χ4n) is 4.08. The molecule has 1 aromatic rings. The van der Waals surface area contributed by atoms with E-state index in [-0.39, 0.29) is 30.0 Å². The van der Waals surface area contributed by atoms with Crippen LogP contribution in [0.1, 0.15) is 44.9 Å². The van der Waals surface area contributed by atoms with E-state index in [2.05, 4.69) is 0 Å². The van der Waals surface area contributed by atoms with Gasteiger partial charge in [0, 0.05) is 29.6 Å². The number of unbranched alkanes of at least 4 members (excludes halogenated alkanes) is 1. The molecule has 198 valence electrons. The van der Waals surface area contributed by atoms with Crippen LogP contribution in [0.4, 0.5) is 0 Å². The topological polar surface area (TPSA) is 147 Å². The number of esters is 1. The Morgan fingerprint density at radius 1 is 1.19 bits per heavy atom. The van der Waals surface area contributed by atoms with Crippen molar-refractivity contribution in [1.29, 1.82) is 0 Å². The summed E-state index contributed by atoms with van der Waals surface area (Å²) in [6.07, 6.45) is 8.23. The summed E-state index contributed by atoms with van der Waals surface area (Å²) in [4.78, 5) is 43.4. The molecule has 0 aromatic heterocycles. The Hall–Kier alpha value is -1.94. The van der Waals surface area contributed by atoms with E-state index in [1.54, 1.807) is 30.3 Å². The number of hydrogen-bond acceptors (Lipinski definition) is 7. The summed E-state index contributed by atoms with van der Waals surface area (Å²) in [7, 11) is -6.27. The first-order valence-corrected chi connectivity index (χ1v) is 14.9. The monoisotopic (exact) mass is 540 g/mol. The third-order valence-electron chi connectivity index (χ3n) is 6.00. The Labute approximate surface area is 213 Å². The average Bonchev–Trinajstić information content (AvgIpc) is 3.57. The molecule has 9 nitrogen and oxygen atoms in total. The maximum absolute atomic E-state index is 12.6. The molecule has 0 saturated heterocycles. The molecule has 5 atom stereocenters. The molecule has 11 heteroatoms. The van der Waals surface area contributed by atoms with E-state index in [4.69, 9.17) is 9.26 Å². The summed E-state index contributed by atoms with van der Waals surface area (Å²) in [5.41, 5.74) is 0. The lowest BCUT2D eigenvalue weighted by Crippen LogP contribution is -2.22. The maximum atomic E-state index is 12.6. The van der Waals surface area contributed by atoms with Crippen molar-refractivity contribution in [2.75, 3.05) is 5.75 Å². The van der Waals surface area contributed by atoms with Gasteiger partial charge in [0.15, 0.2) is 0 Å². The number of aliphatic hydroxyl groups is 1. The SMILES string of the molecule is O=C(CCC/C=C\C[C@H]1C(=O)C[C@@H](OP(=O)(O)O)[C@@H]1/C=C/[C@@H](O)CS(=O)c1ccccc1)OC1CC1. The summed E-state index contributed by atoms with van der Waals surface area (Å²) in [6, 6.07) is 8.70. The van der Waals surface area contributed by atoms with Gasteiger partial charge in [-0.05, 0) is 44.2 Å². The van der Waals surface area contributed by atoms with Gasteiger partial charge in [0.05, 0.1) is 28.8 Å². The van der Waals surface area contributed by atoms with E-state index >= 15 is 0 Å². The molecule has 2 saturated carbocycles. The van der Waals surface area contributed by atoms with Crippen LogP contribution >= 0.6 is 7.82 Å². The summed E-state index contributed by atoms with van der Waals surface area (Å²) >= 11 is 0. The smallest absolute Gasteiger partial charge is 0.462 e. The Morgan fingerprint density at radius 2 is 1.92 bits per heavy atom. The molecule has 0 bridgehead atoms. The summed E-state index contributed by atoms with van der Waals surface area (Å²) in [5, 5.41) is 10.4. The fourth-order valence-corrected chi connectivity index (χ4v) is 5.72. The van der Waals surface area contributed by atoms with Crippen LogP contribution < -0.4 is 0 Å². The van der Waals surface area contributed by atoms with Gasteiger partial charge >= 0.3 is 13.8 Å². The molecule has 2 fully saturated rings. The van der Waals surface area contributed by atoms with Crippen LogP contribution in [-0.2, 0) is 34.2 Å². The van der Waals surface area contributed by atoms with Crippen LogP contribution in [0.3, 0.4) is 0 Å². The number of phosphoric acid groups is 1. The van der Waals surface area contributed by atoms with Crippen molar-refractivity contribution < 1.29 is 42.5 Å². The van der Waals surface area contributed by atoms with Crippen molar-refractivity contribution in [3.63, 3.8) is 0 Å². The quantitative estimate of drug-likeness (QED) is 0.140. The number of allylic oxidation sites excluding steroid dienone is 2. The Bertz CT molecular complexity index is 1020. The van der Waals surface area contributed by atoms with Crippen molar-refractivity contribution in [2.45, 2.75) is 68.2 Å². The molecule has 2 aliphatic carbocycles. The van der Waals surface area contributed by atoms with Crippen LogP contribution in [0.15, 0.2) is 59.5 Å². The average molecular weight is 541 g/mol. The molecule has 36 heavy (non-hydrogen) atoms. The number of benzene rings is 1. The molecule has 0 heterocycles. The third kappa shape index (κ3) is 9.84. The number of rotatable bonds is 14. The molecule has 1 aromatic carbocycles. The van der Waals surface area contributed by atoms with Crippen LogP contribution in [0.2, 0.25) is 0 Å². The highest BCUT2D eigenvalue weighted by Crippen LogP contribution is 2.45. The van der Waals surface area contributed by atoms with Gasteiger partial charge in [-0.2, -0.15) is 0 Å². The van der Waals surface area contributed by atoms with Gasteiger partial charge in [0.1, 0.15) is 11.9 Å². The number of ether oxygens (including phenoxy) is 1. The minimum Gasteiger partial charge on any atom is -0.462 e. The first kappa shape index (κ1) is 28.6. The zero-order chi connectivity index (χ0) is 26.1. The Morgan fingerprint density at radius 3 is 2.58 bits per heavy atom. The lowest BCUT2D eigenvalue weighted by molar-refractivity contribution is -0.145. The van der Waals surface area contributed by atoms with E-state index in [0.29, 0.717) is 30.6 Å². The number of carbonyl (C=O) groups is 2. The number of Topliss-reactive ketones (excluding diaryl/α,β-unsaturated/α-hetero) is 1. The van der Waals surface area contributed by atoms with Gasteiger partial charge in [-0.1, -0.05) is 42.5 Å². The highest BCUT2D eigenvalue weighted by molar-refractivity contribution is 7.85. The van der Waals surface area contributed by atoms with Gasteiger partial charge in [-0.15, -0.1) is 0 Å². The third-order valence-corrected chi connectivity index (χ3v) is 7.98. The lowest BCUT2D eigenvalue weighted by Gasteiger charge is -2.21. The molecule has 2 aliphatic rings. The number of carbonyl (C=O) groups excluding carboxylic acids is 2. The highest BCUT2D eigenvalue weighted by atomic mass is 32.2. The molecule has 3 rings (SSSR count). The minimum atomic E-state index is -4.83. The Balaban J connectivity index is 1.56. The second-order valence-corrected chi connectivity index (χ2v) is 11.7. The van der Waals surface area contributed by atoms with E-state index < -0.39 is 42.7 Å². The van der Waals surface area contributed by atoms with Crippen molar-refractivity contribution in [3.8, 4) is 0 Å². The van der Waals surface area contributed by atoms with Crippen LogP contribution in [0.25, 0.3) is 0 Å².